The van der Waals surface area contributed by atoms with Crippen LogP contribution in [0.3, 0.4) is 0 Å². The van der Waals surface area contributed by atoms with Crippen LogP contribution in [-0.4, -0.2) is 45.5 Å². The summed E-state index contributed by atoms with van der Waals surface area (Å²) in [6.45, 7) is 3.83. The molecule has 0 saturated carbocycles. The highest BCUT2D eigenvalue weighted by Gasteiger charge is 2.19. The fourth-order valence-electron chi connectivity index (χ4n) is 3.08. The number of benzene rings is 1. The van der Waals surface area contributed by atoms with Crippen LogP contribution in [0.2, 0.25) is 5.02 Å². The number of sulfonamides is 1. The number of hydrogen-bond acceptors (Lipinski definition) is 5. The Kier molecular flexibility index (Phi) is 6.72. The van der Waals surface area contributed by atoms with Crippen molar-refractivity contribution in [3.8, 4) is 0 Å². The Labute approximate surface area is 159 Å². The molecule has 1 aromatic carbocycles. The second-order valence-electron chi connectivity index (χ2n) is 6.44. The van der Waals surface area contributed by atoms with Gasteiger partial charge in [0.1, 0.15) is 5.76 Å². The largest absolute Gasteiger partial charge is 0.468 e. The summed E-state index contributed by atoms with van der Waals surface area (Å²) in [4.78, 5) is 2.61. The van der Waals surface area contributed by atoms with E-state index in [1.54, 1.807) is 18.4 Å². The quantitative estimate of drug-likeness (QED) is 0.669. The summed E-state index contributed by atoms with van der Waals surface area (Å²) in [5, 5.41) is 3.95. The van der Waals surface area contributed by atoms with Gasteiger partial charge in [-0.25, -0.2) is 13.1 Å². The summed E-state index contributed by atoms with van der Waals surface area (Å²) < 4.78 is 32.4. The molecule has 2 N–H and O–H groups in total. The molecule has 6 nitrogen and oxygen atoms in total. The average Bonchev–Trinajstić information content (AvgIpc) is 3.13. The Bertz CT molecular complexity index is 771. The zero-order chi connectivity index (χ0) is 18.4. The normalized spacial score (nSPS) is 16.8. The minimum atomic E-state index is -3.49. The fraction of sp³-hybridized carbons (Fsp3) is 0.444. The van der Waals surface area contributed by atoms with Gasteiger partial charge in [-0.1, -0.05) is 11.6 Å². The zero-order valence-electron chi connectivity index (χ0n) is 14.5. The van der Waals surface area contributed by atoms with Crippen molar-refractivity contribution in [2.45, 2.75) is 30.3 Å². The first-order valence-corrected chi connectivity index (χ1v) is 10.6. The third-order valence-corrected chi connectivity index (χ3v) is 6.25. The topological polar surface area (TPSA) is 74.6 Å². The van der Waals surface area contributed by atoms with Crippen LogP contribution in [0.25, 0.3) is 0 Å². The highest BCUT2D eigenvalue weighted by atomic mass is 35.5. The Morgan fingerprint density at radius 3 is 2.50 bits per heavy atom. The molecular weight excluding hydrogens is 374 g/mol. The molecule has 0 atom stereocenters. The van der Waals surface area contributed by atoms with Gasteiger partial charge >= 0.3 is 0 Å². The monoisotopic (exact) mass is 397 g/mol. The molecular formula is C18H24ClN3O3S. The molecule has 142 valence electrons. The second-order valence-corrected chi connectivity index (χ2v) is 8.64. The van der Waals surface area contributed by atoms with Crippen LogP contribution in [0.5, 0.6) is 0 Å². The van der Waals surface area contributed by atoms with Crippen LogP contribution in [-0.2, 0) is 16.6 Å². The van der Waals surface area contributed by atoms with Gasteiger partial charge in [-0.2, -0.15) is 0 Å². The number of nitrogens with one attached hydrogen (secondary N) is 2. The number of furan rings is 1. The molecule has 1 aliphatic heterocycles. The molecule has 0 amide bonds. The highest BCUT2D eigenvalue weighted by Crippen LogP contribution is 2.15. The van der Waals surface area contributed by atoms with E-state index in [2.05, 4.69) is 14.9 Å². The second kappa shape index (κ2) is 9.01. The third kappa shape index (κ3) is 5.56. The molecule has 8 heteroatoms. The standard InChI is InChI=1S/C18H24ClN3O3S/c19-15-3-5-18(6-4-15)26(23,24)21-10-9-20-16-7-11-22(12-8-16)14-17-2-1-13-25-17/h1-6,13,16,20-21H,7-12,14H2. The lowest BCUT2D eigenvalue weighted by Crippen LogP contribution is -2.44. The number of hydrogen-bond donors (Lipinski definition) is 2. The van der Waals surface area contributed by atoms with Crippen molar-refractivity contribution in [2.24, 2.45) is 0 Å². The molecule has 3 rings (SSSR count). The molecule has 1 fully saturated rings. The molecule has 0 bridgehead atoms. The number of piperidine rings is 1. The van der Waals surface area contributed by atoms with Crippen molar-refractivity contribution >= 4 is 21.6 Å². The van der Waals surface area contributed by atoms with Crippen molar-refractivity contribution in [2.75, 3.05) is 26.2 Å². The van der Waals surface area contributed by atoms with Gasteiger partial charge in [0.2, 0.25) is 10.0 Å². The van der Waals surface area contributed by atoms with Crippen molar-refractivity contribution in [3.63, 3.8) is 0 Å². The molecule has 0 unspecified atom stereocenters. The smallest absolute Gasteiger partial charge is 0.240 e. The Balaban J connectivity index is 1.35. The molecule has 0 spiro atoms. The van der Waals surface area contributed by atoms with Crippen LogP contribution >= 0.6 is 11.6 Å². The van der Waals surface area contributed by atoms with Crippen molar-refractivity contribution in [3.05, 3.63) is 53.4 Å². The maximum absolute atomic E-state index is 12.2. The van der Waals surface area contributed by atoms with Crippen LogP contribution < -0.4 is 10.0 Å². The summed E-state index contributed by atoms with van der Waals surface area (Å²) in [7, 11) is -3.49. The fourth-order valence-corrected chi connectivity index (χ4v) is 4.23. The van der Waals surface area contributed by atoms with Gasteiger partial charge in [0.25, 0.3) is 0 Å². The van der Waals surface area contributed by atoms with Crippen molar-refractivity contribution in [1.29, 1.82) is 0 Å². The van der Waals surface area contributed by atoms with Gasteiger partial charge < -0.3 is 9.73 Å². The number of rotatable bonds is 8. The van der Waals surface area contributed by atoms with E-state index >= 15 is 0 Å². The van der Waals surface area contributed by atoms with Crippen LogP contribution in [0, 0.1) is 0 Å². The van der Waals surface area contributed by atoms with Crippen molar-refractivity contribution < 1.29 is 12.8 Å². The first kappa shape index (κ1) is 19.4. The zero-order valence-corrected chi connectivity index (χ0v) is 16.1. The van der Waals surface area contributed by atoms with E-state index in [9.17, 15) is 8.42 Å². The lowest BCUT2D eigenvalue weighted by Gasteiger charge is -2.31. The summed E-state index contributed by atoms with van der Waals surface area (Å²) in [5.41, 5.74) is 0. The molecule has 1 aliphatic rings. The van der Waals surface area contributed by atoms with Crippen molar-refractivity contribution in [1.82, 2.24) is 14.9 Å². The van der Waals surface area contributed by atoms with Crippen LogP contribution in [0.1, 0.15) is 18.6 Å². The van der Waals surface area contributed by atoms with Gasteiger partial charge in [0.15, 0.2) is 0 Å². The van der Waals surface area contributed by atoms with E-state index < -0.39 is 10.0 Å². The summed E-state index contributed by atoms with van der Waals surface area (Å²) in [6.07, 6.45) is 3.80. The maximum atomic E-state index is 12.2. The maximum Gasteiger partial charge on any atom is 0.240 e. The van der Waals surface area contributed by atoms with E-state index in [1.165, 1.54) is 12.1 Å². The predicted octanol–water partition coefficient (Wildman–Crippen LogP) is 2.47. The predicted molar refractivity (Wildman–Crippen MR) is 102 cm³/mol. The Hall–Kier alpha value is -1.38. The molecule has 0 radical (unpaired) electrons. The first-order valence-electron chi connectivity index (χ1n) is 8.76. The number of halogens is 1. The van der Waals surface area contributed by atoms with Gasteiger partial charge in [-0.05, 0) is 49.2 Å². The lowest BCUT2D eigenvalue weighted by atomic mass is 10.1. The molecule has 1 aromatic heterocycles. The Morgan fingerprint density at radius 1 is 1.12 bits per heavy atom. The van der Waals surface area contributed by atoms with Crippen LogP contribution in [0.15, 0.2) is 52.0 Å². The number of likely N-dealkylation sites (tertiary alicyclic amines) is 1. The van der Waals surface area contributed by atoms with E-state index in [0.29, 0.717) is 24.2 Å². The molecule has 2 heterocycles. The highest BCUT2D eigenvalue weighted by molar-refractivity contribution is 7.89. The van der Waals surface area contributed by atoms with E-state index in [-0.39, 0.29) is 4.90 Å². The molecule has 0 aliphatic carbocycles. The minimum Gasteiger partial charge on any atom is -0.468 e. The minimum absolute atomic E-state index is 0.230. The van der Waals surface area contributed by atoms with Gasteiger partial charge in [-0.3, -0.25) is 4.90 Å². The molecule has 1 saturated heterocycles. The molecule has 2 aromatic rings. The average molecular weight is 398 g/mol. The van der Waals surface area contributed by atoms with E-state index in [1.807, 2.05) is 12.1 Å². The Morgan fingerprint density at radius 2 is 1.85 bits per heavy atom. The van der Waals surface area contributed by atoms with Crippen LogP contribution in [0.4, 0.5) is 0 Å². The first-order chi connectivity index (χ1) is 12.5. The summed E-state index contributed by atoms with van der Waals surface area (Å²) >= 11 is 5.79. The van der Waals surface area contributed by atoms with Gasteiger partial charge in [0.05, 0.1) is 17.7 Å². The lowest BCUT2D eigenvalue weighted by molar-refractivity contribution is 0.179. The third-order valence-electron chi connectivity index (χ3n) is 4.52. The van der Waals surface area contributed by atoms with Gasteiger partial charge in [0, 0.05) is 37.2 Å². The summed E-state index contributed by atoms with van der Waals surface area (Å²) in [6, 6.07) is 10.5. The SMILES string of the molecule is O=S(=O)(NCCNC1CCN(Cc2ccco2)CC1)c1ccc(Cl)cc1. The van der Waals surface area contributed by atoms with E-state index in [0.717, 1.165) is 38.2 Å². The van der Waals surface area contributed by atoms with E-state index in [4.69, 9.17) is 16.0 Å². The summed E-state index contributed by atoms with van der Waals surface area (Å²) in [5.74, 6) is 0.994. The molecule has 26 heavy (non-hydrogen) atoms. The number of nitrogens with zero attached hydrogens (tertiary/aromatic N) is 1. The van der Waals surface area contributed by atoms with Gasteiger partial charge in [-0.15, -0.1) is 0 Å².